The highest BCUT2D eigenvalue weighted by Crippen LogP contribution is 2.24. The van der Waals surface area contributed by atoms with Gasteiger partial charge in [0.2, 0.25) is 5.95 Å². The van der Waals surface area contributed by atoms with Crippen LogP contribution in [0.4, 0.5) is 10.1 Å². The summed E-state index contributed by atoms with van der Waals surface area (Å²) in [7, 11) is 0. The summed E-state index contributed by atoms with van der Waals surface area (Å²) in [6.45, 7) is 3.53. The van der Waals surface area contributed by atoms with Gasteiger partial charge in [0, 0.05) is 31.0 Å². The van der Waals surface area contributed by atoms with Gasteiger partial charge in [0.25, 0.3) is 0 Å². The molecule has 4 nitrogen and oxygen atoms in total. The molecule has 5 heteroatoms. The Morgan fingerprint density at radius 2 is 2.53 bits per heavy atom. The fourth-order valence-corrected chi connectivity index (χ4v) is 2.04. The molecule has 1 aromatic heterocycles. The summed E-state index contributed by atoms with van der Waals surface area (Å²) < 4.78 is 17.9. The minimum absolute atomic E-state index is 0.105. The first-order chi connectivity index (χ1) is 8.20. The van der Waals surface area contributed by atoms with E-state index in [0.29, 0.717) is 13.2 Å². The first-order valence-corrected chi connectivity index (χ1v) is 5.74. The van der Waals surface area contributed by atoms with Gasteiger partial charge in [0.1, 0.15) is 0 Å². The summed E-state index contributed by atoms with van der Waals surface area (Å²) in [5, 5.41) is 0. The Balaban J connectivity index is 2.00. The van der Waals surface area contributed by atoms with E-state index < -0.39 is 5.95 Å². The lowest BCUT2D eigenvalue weighted by atomic mass is 10.1. The monoisotopic (exact) mass is 238 g/mol. The number of aromatic nitrogens is 1. The molecule has 1 saturated heterocycles. The van der Waals surface area contributed by atoms with E-state index in [1.165, 1.54) is 12.3 Å². The molecule has 1 aliphatic heterocycles. The maximum atomic E-state index is 13.0. The Bertz CT molecular complexity index is 411. The summed E-state index contributed by atoms with van der Waals surface area (Å²) in [4.78, 5) is 17.0. The molecule has 0 saturated carbocycles. The number of carbonyl (C=O) groups excluding carboxylic acids is 1. The van der Waals surface area contributed by atoms with Gasteiger partial charge in [-0.3, -0.25) is 4.79 Å². The van der Waals surface area contributed by atoms with Crippen LogP contribution in [0.15, 0.2) is 18.3 Å². The summed E-state index contributed by atoms with van der Waals surface area (Å²) in [5.41, 5.74) is 0.768. The van der Waals surface area contributed by atoms with E-state index in [4.69, 9.17) is 4.74 Å². The first-order valence-electron chi connectivity index (χ1n) is 5.74. The van der Waals surface area contributed by atoms with E-state index in [-0.39, 0.29) is 11.9 Å². The molecule has 2 heterocycles. The number of hydrogen-bond donors (Lipinski definition) is 0. The Hall–Kier alpha value is -1.65. The number of pyridine rings is 1. The van der Waals surface area contributed by atoms with Crippen molar-refractivity contribution in [2.45, 2.75) is 13.3 Å². The summed E-state index contributed by atoms with van der Waals surface area (Å²) in [5.74, 6) is -0.766. The van der Waals surface area contributed by atoms with Gasteiger partial charge < -0.3 is 9.64 Å². The van der Waals surface area contributed by atoms with E-state index in [0.717, 1.165) is 18.7 Å². The second kappa shape index (κ2) is 5.12. The van der Waals surface area contributed by atoms with Crippen molar-refractivity contribution in [2.24, 2.45) is 5.92 Å². The molecular weight excluding hydrogens is 223 g/mol. The van der Waals surface area contributed by atoms with Gasteiger partial charge in [-0.05, 0) is 19.4 Å². The maximum absolute atomic E-state index is 13.0. The molecule has 0 radical (unpaired) electrons. The number of anilines is 1. The van der Waals surface area contributed by atoms with E-state index in [1.54, 1.807) is 13.0 Å². The number of nitrogens with zero attached hydrogens (tertiary/aromatic N) is 2. The van der Waals surface area contributed by atoms with Crippen LogP contribution in [0, 0.1) is 11.9 Å². The Morgan fingerprint density at radius 3 is 3.24 bits per heavy atom. The van der Waals surface area contributed by atoms with Crippen LogP contribution >= 0.6 is 0 Å². The van der Waals surface area contributed by atoms with Crippen LogP contribution in [0.25, 0.3) is 0 Å². The molecule has 1 aliphatic rings. The molecule has 0 bridgehead atoms. The van der Waals surface area contributed by atoms with Gasteiger partial charge >= 0.3 is 5.97 Å². The zero-order valence-electron chi connectivity index (χ0n) is 9.73. The number of hydrogen-bond acceptors (Lipinski definition) is 4. The SMILES string of the molecule is CCOC(=O)[C@H]1CCN(c2ccnc(F)c2)C1. The molecule has 1 atom stereocenters. The lowest BCUT2D eigenvalue weighted by molar-refractivity contribution is -0.147. The van der Waals surface area contributed by atoms with E-state index in [9.17, 15) is 9.18 Å². The van der Waals surface area contributed by atoms with Crippen molar-refractivity contribution >= 4 is 11.7 Å². The summed E-state index contributed by atoms with van der Waals surface area (Å²) in [6.07, 6.45) is 2.19. The zero-order chi connectivity index (χ0) is 12.3. The van der Waals surface area contributed by atoms with Gasteiger partial charge in [0.15, 0.2) is 0 Å². The minimum Gasteiger partial charge on any atom is -0.466 e. The topological polar surface area (TPSA) is 42.4 Å². The average Bonchev–Trinajstić information content (AvgIpc) is 2.78. The van der Waals surface area contributed by atoms with Crippen molar-refractivity contribution in [1.29, 1.82) is 0 Å². The fourth-order valence-electron chi connectivity index (χ4n) is 2.04. The van der Waals surface area contributed by atoms with Crippen molar-refractivity contribution in [3.8, 4) is 0 Å². The van der Waals surface area contributed by atoms with Crippen LogP contribution in [-0.4, -0.2) is 30.6 Å². The van der Waals surface area contributed by atoms with Gasteiger partial charge in [-0.25, -0.2) is 4.98 Å². The van der Waals surface area contributed by atoms with Gasteiger partial charge in [-0.2, -0.15) is 4.39 Å². The highest BCUT2D eigenvalue weighted by molar-refractivity contribution is 5.74. The maximum Gasteiger partial charge on any atom is 0.310 e. The third-order valence-electron chi connectivity index (χ3n) is 2.88. The Labute approximate surface area is 99.4 Å². The largest absolute Gasteiger partial charge is 0.466 e. The van der Waals surface area contributed by atoms with Crippen molar-refractivity contribution in [1.82, 2.24) is 4.98 Å². The van der Waals surface area contributed by atoms with Gasteiger partial charge in [-0.15, -0.1) is 0 Å². The van der Waals surface area contributed by atoms with Crippen molar-refractivity contribution in [2.75, 3.05) is 24.6 Å². The smallest absolute Gasteiger partial charge is 0.310 e. The third-order valence-corrected chi connectivity index (χ3v) is 2.88. The Morgan fingerprint density at radius 1 is 1.71 bits per heavy atom. The minimum atomic E-state index is -0.498. The first kappa shape index (κ1) is 11.8. The molecule has 0 amide bonds. The van der Waals surface area contributed by atoms with E-state index in [1.807, 2.05) is 4.90 Å². The van der Waals surface area contributed by atoms with Crippen molar-refractivity contribution in [3.63, 3.8) is 0 Å². The lowest BCUT2D eigenvalue weighted by Gasteiger charge is -2.17. The third kappa shape index (κ3) is 2.72. The quantitative estimate of drug-likeness (QED) is 0.592. The summed E-state index contributed by atoms with van der Waals surface area (Å²) in [6, 6.07) is 3.13. The normalized spacial score (nSPS) is 19.4. The highest BCUT2D eigenvalue weighted by Gasteiger charge is 2.29. The lowest BCUT2D eigenvalue weighted by Crippen LogP contribution is -2.24. The zero-order valence-corrected chi connectivity index (χ0v) is 9.73. The molecule has 0 unspecified atom stereocenters. The number of esters is 1. The Kier molecular flexibility index (Phi) is 3.56. The van der Waals surface area contributed by atoms with E-state index >= 15 is 0 Å². The number of ether oxygens (including phenoxy) is 1. The fraction of sp³-hybridized carbons (Fsp3) is 0.500. The van der Waals surface area contributed by atoms with Crippen LogP contribution in [-0.2, 0) is 9.53 Å². The standard InChI is InChI=1S/C12H15FN2O2/c1-2-17-12(16)9-4-6-15(8-9)10-3-5-14-11(13)7-10/h3,5,7,9H,2,4,6,8H2,1H3/t9-/m0/s1. The highest BCUT2D eigenvalue weighted by atomic mass is 19.1. The number of carbonyl (C=O) groups is 1. The number of halogens is 1. The predicted molar refractivity (Wildman–Crippen MR) is 61.1 cm³/mol. The molecule has 0 aliphatic carbocycles. The predicted octanol–water partition coefficient (Wildman–Crippen LogP) is 1.61. The molecule has 1 fully saturated rings. The van der Waals surface area contributed by atoms with Crippen LogP contribution in [0.3, 0.4) is 0 Å². The van der Waals surface area contributed by atoms with Crippen LogP contribution in [0.2, 0.25) is 0 Å². The molecule has 0 spiro atoms. The van der Waals surface area contributed by atoms with Gasteiger partial charge in [0.05, 0.1) is 12.5 Å². The van der Waals surface area contributed by atoms with Crippen molar-refractivity contribution in [3.05, 3.63) is 24.3 Å². The van der Waals surface area contributed by atoms with Gasteiger partial charge in [-0.1, -0.05) is 0 Å². The molecule has 17 heavy (non-hydrogen) atoms. The molecule has 92 valence electrons. The molecule has 1 aromatic rings. The van der Waals surface area contributed by atoms with Crippen LogP contribution in [0.5, 0.6) is 0 Å². The molecule has 0 aromatic carbocycles. The second-order valence-corrected chi connectivity index (χ2v) is 4.02. The summed E-state index contributed by atoms with van der Waals surface area (Å²) >= 11 is 0. The average molecular weight is 238 g/mol. The van der Waals surface area contributed by atoms with Crippen LogP contribution in [0.1, 0.15) is 13.3 Å². The van der Waals surface area contributed by atoms with E-state index in [2.05, 4.69) is 4.98 Å². The number of rotatable bonds is 3. The second-order valence-electron chi connectivity index (χ2n) is 4.02. The molecule has 2 rings (SSSR count). The van der Waals surface area contributed by atoms with Crippen molar-refractivity contribution < 1.29 is 13.9 Å². The molecular formula is C12H15FN2O2. The van der Waals surface area contributed by atoms with Crippen LogP contribution < -0.4 is 4.90 Å². The molecule has 0 N–H and O–H groups in total.